The van der Waals surface area contributed by atoms with Gasteiger partial charge in [-0.15, -0.1) is 28.1 Å². The number of nitrogens with one attached hydrogen (secondary N) is 2. The fourth-order valence-corrected chi connectivity index (χ4v) is 5.01. The molecule has 2 heterocycles. The van der Waals surface area contributed by atoms with Crippen LogP contribution in [0.1, 0.15) is 34.7 Å². The minimum Gasteiger partial charge on any atom is -0.342 e. The molecular weight excluding hydrogens is 492 g/mol. The van der Waals surface area contributed by atoms with Gasteiger partial charge in [0.05, 0.1) is 17.5 Å². The summed E-state index contributed by atoms with van der Waals surface area (Å²) in [6.45, 7) is 8.06. The molecule has 0 spiro atoms. The number of anilines is 1. The number of thiazole rings is 1. The molecular formula is C26H26N6O2S2. The maximum atomic E-state index is 12.7. The molecule has 0 aliphatic carbocycles. The van der Waals surface area contributed by atoms with E-state index in [1.165, 1.54) is 23.1 Å². The first-order valence-corrected chi connectivity index (χ1v) is 13.2. The molecule has 4 rings (SSSR count). The highest BCUT2D eigenvalue weighted by Crippen LogP contribution is 2.25. The Hall–Kier alpha value is -3.76. The van der Waals surface area contributed by atoms with E-state index in [1.54, 1.807) is 12.1 Å². The zero-order valence-corrected chi connectivity index (χ0v) is 21.6. The van der Waals surface area contributed by atoms with Crippen LogP contribution < -0.4 is 10.6 Å². The standard InChI is InChI=1S/C26H26N6O2S2/c1-4-13-32-23(18(3)27-24(34)20-12-8-9-17(2)14-20)30-31-26(32)36-16-22(33)29-25-28-21(15-35-25)19-10-6-5-7-11-19/h4-12,14-15,18H,1,13,16H2,2-3H3,(H,27,34)(H,28,29,33)/t18-/m0/s1. The molecule has 4 aromatic rings. The zero-order chi connectivity index (χ0) is 25.5. The number of nitrogens with zero attached hydrogens (tertiary/aromatic N) is 4. The topological polar surface area (TPSA) is 102 Å². The maximum Gasteiger partial charge on any atom is 0.251 e. The molecule has 10 heteroatoms. The molecule has 8 nitrogen and oxygen atoms in total. The Morgan fingerprint density at radius 1 is 1.17 bits per heavy atom. The highest BCUT2D eigenvalue weighted by Gasteiger charge is 2.21. The Labute approximate surface area is 217 Å². The Bertz CT molecular complexity index is 1370. The van der Waals surface area contributed by atoms with Crippen molar-refractivity contribution in [3.05, 3.63) is 89.6 Å². The van der Waals surface area contributed by atoms with E-state index in [2.05, 4.69) is 32.4 Å². The molecule has 2 aromatic carbocycles. The Balaban J connectivity index is 1.38. The Kier molecular flexibility index (Phi) is 8.29. The number of hydrogen-bond acceptors (Lipinski definition) is 7. The minimum absolute atomic E-state index is 0.138. The van der Waals surface area contributed by atoms with Gasteiger partial charge in [-0.3, -0.25) is 9.59 Å². The van der Waals surface area contributed by atoms with Crippen LogP contribution in [0.3, 0.4) is 0 Å². The molecule has 1 atom stereocenters. The van der Waals surface area contributed by atoms with Crippen LogP contribution in [-0.2, 0) is 11.3 Å². The number of allylic oxidation sites excluding steroid dienone is 1. The summed E-state index contributed by atoms with van der Waals surface area (Å²) in [5.41, 5.74) is 3.41. The Morgan fingerprint density at radius 3 is 2.72 bits per heavy atom. The van der Waals surface area contributed by atoms with Crippen molar-refractivity contribution in [1.29, 1.82) is 0 Å². The Morgan fingerprint density at radius 2 is 1.97 bits per heavy atom. The van der Waals surface area contributed by atoms with Gasteiger partial charge in [0, 0.05) is 23.1 Å². The molecule has 0 aliphatic heterocycles. The molecule has 184 valence electrons. The molecule has 2 N–H and O–H groups in total. The normalized spacial score (nSPS) is 11.6. The average molecular weight is 519 g/mol. The van der Waals surface area contributed by atoms with Crippen molar-refractivity contribution < 1.29 is 9.59 Å². The van der Waals surface area contributed by atoms with Gasteiger partial charge in [0.25, 0.3) is 5.91 Å². The molecule has 0 bridgehead atoms. The van der Waals surface area contributed by atoms with E-state index in [4.69, 9.17) is 0 Å². The van der Waals surface area contributed by atoms with Crippen LogP contribution in [0.2, 0.25) is 0 Å². The van der Waals surface area contributed by atoms with Gasteiger partial charge in [0.1, 0.15) is 0 Å². The molecule has 0 unspecified atom stereocenters. The van der Waals surface area contributed by atoms with E-state index in [9.17, 15) is 9.59 Å². The van der Waals surface area contributed by atoms with Gasteiger partial charge in [-0.05, 0) is 26.0 Å². The van der Waals surface area contributed by atoms with E-state index in [1.807, 2.05) is 72.3 Å². The van der Waals surface area contributed by atoms with Gasteiger partial charge in [-0.25, -0.2) is 4.98 Å². The summed E-state index contributed by atoms with van der Waals surface area (Å²) < 4.78 is 1.85. The number of benzene rings is 2. The SMILES string of the molecule is C=CCn1c(SCC(=O)Nc2nc(-c3ccccc3)cs2)nnc1[C@H](C)NC(=O)c1cccc(C)c1. The van der Waals surface area contributed by atoms with Gasteiger partial charge in [-0.2, -0.15) is 0 Å². The van der Waals surface area contributed by atoms with Crippen LogP contribution in [0.25, 0.3) is 11.3 Å². The van der Waals surface area contributed by atoms with Crippen molar-refractivity contribution in [1.82, 2.24) is 25.1 Å². The van der Waals surface area contributed by atoms with Crippen molar-refractivity contribution >= 4 is 40.0 Å². The lowest BCUT2D eigenvalue weighted by Crippen LogP contribution is -2.28. The summed E-state index contributed by atoms with van der Waals surface area (Å²) in [5, 5.41) is 17.4. The lowest BCUT2D eigenvalue weighted by atomic mass is 10.1. The average Bonchev–Trinajstić information content (AvgIpc) is 3.51. The second-order valence-electron chi connectivity index (χ2n) is 8.05. The number of aryl methyl sites for hydroxylation is 1. The third-order valence-electron chi connectivity index (χ3n) is 5.22. The minimum atomic E-state index is -0.389. The second-order valence-corrected chi connectivity index (χ2v) is 9.85. The van der Waals surface area contributed by atoms with Crippen LogP contribution >= 0.6 is 23.1 Å². The zero-order valence-electron chi connectivity index (χ0n) is 20.0. The monoisotopic (exact) mass is 518 g/mol. The highest BCUT2D eigenvalue weighted by molar-refractivity contribution is 7.99. The molecule has 36 heavy (non-hydrogen) atoms. The van der Waals surface area contributed by atoms with Crippen LogP contribution in [0, 0.1) is 6.92 Å². The van der Waals surface area contributed by atoms with E-state index in [0.29, 0.717) is 28.2 Å². The second kappa shape index (κ2) is 11.8. The first kappa shape index (κ1) is 25.3. The number of carbonyl (C=O) groups excluding carboxylic acids is 2. The summed E-state index contributed by atoms with van der Waals surface area (Å²) in [6.07, 6.45) is 1.73. The molecule has 0 fully saturated rings. The first-order valence-electron chi connectivity index (χ1n) is 11.3. The van der Waals surface area contributed by atoms with Gasteiger partial charge in [0.15, 0.2) is 16.1 Å². The maximum absolute atomic E-state index is 12.7. The van der Waals surface area contributed by atoms with Gasteiger partial charge in [0.2, 0.25) is 5.91 Å². The van der Waals surface area contributed by atoms with Crippen molar-refractivity contribution in [3.63, 3.8) is 0 Å². The van der Waals surface area contributed by atoms with Gasteiger partial charge in [-0.1, -0.05) is 65.9 Å². The van der Waals surface area contributed by atoms with E-state index in [0.717, 1.165) is 16.8 Å². The fraction of sp³-hybridized carbons (Fsp3) is 0.192. The first-order chi connectivity index (χ1) is 17.4. The quantitative estimate of drug-likeness (QED) is 0.223. The number of hydrogen-bond donors (Lipinski definition) is 2. The summed E-state index contributed by atoms with van der Waals surface area (Å²) in [6, 6.07) is 16.8. The number of carbonyl (C=O) groups is 2. The van der Waals surface area contributed by atoms with Crippen LogP contribution in [-0.4, -0.2) is 37.3 Å². The predicted molar refractivity (Wildman–Crippen MR) is 144 cm³/mol. The predicted octanol–water partition coefficient (Wildman–Crippen LogP) is 5.12. The summed E-state index contributed by atoms with van der Waals surface area (Å²) in [4.78, 5) is 29.8. The van der Waals surface area contributed by atoms with Crippen molar-refractivity contribution in [3.8, 4) is 11.3 Å². The van der Waals surface area contributed by atoms with E-state index < -0.39 is 0 Å². The van der Waals surface area contributed by atoms with Crippen molar-refractivity contribution in [2.45, 2.75) is 31.6 Å². The van der Waals surface area contributed by atoms with Gasteiger partial charge >= 0.3 is 0 Å². The summed E-state index contributed by atoms with van der Waals surface area (Å²) in [7, 11) is 0. The fourth-order valence-electron chi connectivity index (χ4n) is 3.52. The molecule has 0 radical (unpaired) electrons. The van der Waals surface area contributed by atoms with Gasteiger partial charge < -0.3 is 15.2 Å². The lowest BCUT2D eigenvalue weighted by molar-refractivity contribution is -0.113. The smallest absolute Gasteiger partial charge is 0.251 e. The van der Waals surface area contributed by atoms with E-state index in [-0.39, 0.29) is 23.6 Å². The molecule has 0 saturated carbocycles. The lowest BCUT2D eigenvalue weighted by Gasteiger charge is -2.15. The number of rotatable bonds is 10. The summed E-state index contributed by atoms with van der Waals surface area (Å²) in [5.74, 6) is 0.349. The van der Waals surface area contributed by atoms with E-state index >= 15 is 0 Å². The third kappa shape index (κ3) is 6.27. The molecule has 2 aromatic heterocycles. The number of aromatic nitrogens is 4. The number of thioether (sulfide) groups is 1. The summed E-state index contributed by atoms with van der Waals surface area (Å²) >= 11 is 2.65. The van der Waals surface area contributed by atoms with Crippen molar-refractivity contribution in [2.75, 3.05) is 11.1 Å². The van der Waals surface area contributed by atoms with Crippen LogP contribution in [0.5, 0.6) is 0 Å². The number of amides is 2. The largest absolute Gasteiger partial charge is 0.342 e. The van der Waals surface area contributed by atoms with Crippen LogP contribution in [0.4, 0.5) is 5.13 Å². The molecule has 2 amide bonds. The third-order valence-corrected chi connectivity index (χ3v) is 6.95. The molecule has 0 aliphatic rings. The highest BCUT2D eigenvalue weighted by atomic mass is 32.2. The van der Waals surface area contributed by atoms with Crippen LogP contribution in [0.15, 0.2) is 77.8 Å². The van der Waals surface area contributed by atoms with Crippen molar-refractivity contribution in [2.24, 2.45) is 0 Å². The molecule has 0 saturated heterocycles.